The van der Waals surface area contributed by atoms with E-state index in [4.69, 9.17) is 11.6 Å². The third kappa shape index (κ3) is 4.08. The van der Waals surface area contributed by atoms with Crippen LogP contribution in [0.5, 0.6) is 0 Å². The van der Waals surface area contributed by atoms with Gasteiger partial charge in [0.1, 0.15) is 11.2 Å². The predicted molar refractivity (Wildman–Crippen MR) is 131 cm³/mol. The van der Waals surface area contributed by atoms with Crippen LogP contribution in [0.3, 0.4) is 0 Å². The van der Waals surface area contributed by atoms with E-state index in [-0.39, 0.29) is 12.1 Å². The van der Waals surface area contributed by atoms with Crippen LogP contribution in [0, 0.1) is 6.92 Å². The van der Waals surface area contributed by atoms with Crippen molar-refractivity contribution in [2.75, 3.05) is 5.32 Å². The number of nitrogens with one attached hydrogen (secondary N) is 1. The lowest BCUT2D eigenvalue weighted by Gasteiger charge is -2.13. The number of carbonyl (C=O) groups is 1. The van der Waals surface area contributed by atoms with Gasteiger partial charge < -0.3 is 5.32 Å². The van der Waals surface area contributed by atoms with Gasteiger partial charge in [0.2, 0.25) is 0 Å². The van der Waals surface area contributed by atoms with Gasteiger partial charge in [-0.2, -0.15) is 0 Å². The molecule has 5 rings (SSSR count). The maximum absolute atomic E-state index is 13.4. The van der Waals surface area contributed by atoms with Gasteiger partial charge >= 0.3 is 0 Å². The Morgan fingerprint density at radius 2 is 1.82 bits per heavy atom. The van der Waals surface area contributed by atoms with Crippen molar-refractivity contribution in [3.8, 4) is 0 Å². The molecule has 33 heavy (non-hydrogen) atoms. The van der Waals surface area contributed by atoms with Gasteiger partial charge in [-0.3, -0.25) is 19.1 Å². The summed E-state index contributed by atoms with van der Waals surface area (Å²) in [4.78, 5) is 35.6. The molecule has 0 unspecified atom stereocenters. The Morgan fingerprint density at radius 3 is 2.64 bits per heavy atom. The molecule has 0 radical (unpaired) electrons. The Labute approximate surface area is 194 Å². The molecule has 0 saturated carbocycles. The number of pyridine rings is 3. The highest BCUT2D eigenvalue weighted by atomic mass is 35.5. The van der Waals surface area contributed by atoms with Crippen LogP contribution in [0.2, 0.25) is 5.02 Å². The minimum atomic E-state index is -0.480. The number of benzene rings is 2. The van der Waals surface area contributed by atoms with Crippen molar-refractivity contribution in [2.45, 2.75) is 13.5 Å². The van der Waals surface area contributed by atoms with E-state index >= 15 is 0 Å². The average Bonchev–Trinajstić information content (AvgIpc) is 2.82. The molecule has 162 valence electrons. The van der Waals surface area contributed by atoms with Gasteiger partial charge in [-0.25, -0.2) is 4.98 Å². The molecule has 3 aromatic heterocycles. The standard InChI is InChI=1S/C26H19ClN4O2/c1-16-13-23(20-6-2-3-7-22(20)29-16)30-25(32)21-14-18-5-4-12-28-24(18)31(26(21)33)15-17-8-10-19(27)11-9-17/h2-14H,15H2,1H3,(H,29,30,32). The average molecular weight is 455 g/mol. The highest BCUT2D eigenvalue weighted by molar-refractivity contribution is 6.30. The molecule has 1 N–H and O–H groups in total. The molecule has 0 aliphatic heterocycles. The van der Waals surface area contributed by atoms with E-state index in [0.29, 0.717) is 21.7 Å². The number of fused-ring (bicyclic) bond motifs is 2. The molecule has 0 spiro atoms. The van der Waals surface area contributed by atoms with E-state index in [2.05, 4.69) is 15.3 Å². The molecule has 5 aromatic rings. The van der Waals surface area contributed by atoms with Crippen molar-refractivity contribution in [2.24, 2.45) is 0 Å². The number of hydrogen-bond donors (Lipinski definition) is 1. The summed E-state index contributed by atoms with van der Waals surface area (Å²) in [5, 5.41) is 5.04. The van der Waals surface area contributed by atoms with Gasteiger partial charge in [-0.15, -0.1) is 0 Å². The van der Waals surface area contributed by atoms with E-state index in [1.165, 1.54) is 4.57 Å². The smallest absolute Gasteiger partial charge is 0.265 e. The van der Waals surface area contributed by atoms with Crippen LogP contribution in [-0.4, -0.2) is 20.4 Å². The monoisotopic (exact) mass is 454 g/mol. The van der Waals surface area contributed by atoms with Crippen molar-refractivity contribution in [1.29, 1.82) is 0 Å². The summed E-state index contributed by atoms with van der Waals surface area (Å²) < 4.78 is 1.52. The summed E-state index contributed by atoms with van der Waals surface area (Å²) in [6, 6.07) is 21.8. The molecule has 0 bridgehead atoms. The number of carbonyl (C=O) groups excluding carboxylic acids is 1. The highest BCUT2D eigenvalue weighted by Gasteiger charge is 2.18. The normalized spacial score (nSPS) is 11.1. The fourth-order valence-electron chi connectivity index (χ4n) is 3.89. The molecule has 7 heteroatoms. The number of halogens is 1. The lowest BCUT2D eigenvalue weighted by Crippen LogP contribution is -2.30. The van der Waals surface area contributed by atoms with Crippen molar-refractivity contribution in [3.63, 3.8) is 0 Å². The first-order valence-corrected chi connectivity index (χ1v) is 10.8. The van der Waals surface area contributed by atoms with E-state index in [0.717, 1.165) is 22.2 Å². The molecular weight excluding hydrogens is 436 g/mol. The number of nitrogens with zero attached hydrogens (tertiary/aromatic N) is 3. The van der Waals surface area contributed by atoms with Crippen LogP contribution in [0.25, 0.3) is 21.9 Å². The number of hydrogen-bond acceptors (Lipinski definition) is 4. The summed E-state index contributed by atoms with van der Waals surface area (Å²) in [5.74, 6) is -0.480. The van der Waals surface area contributed by atoms with Crippen LogP contribution >= 0.6 is 11.6 Å². The SMILES string of the molecule is Cc1cc(NC(=O)c2cc3cccnc3n(Cc3ccc(Cl)cc3)c2=O)c2ccccc2n1. The van der Waals surface area contributed by atoms with Crippen molar-refractivity contribution < 1.29 is 4.79 Å². The minimum Gasteiger partial charge on any atom is -0.321 e. The number of para-hydroxylation sites is 1. The molecule has 0 fully saturated rings. The van der Waals surface area contributed by atoms with Crippen LogP contribution in [0.4, 0.5) is 5.69 Å². The second-order valence-corrected chi connectivity index (χ2v) is 8.21. The summed E-state index contributed by atoms with van der Waals surface area (Å²) in [6.07, 6.45) is 1.63. The van der Waals surface area contributed by atoms with Crippen LogP contribution < -0.4 is 10.9 Å². The Morgan fingerprint density at radius 1 is 1.03 bits per heavy atom. The van der Waals surface area contributed by atoms with Crippen LogP contribution in [0.15, 0.2) is 83.8 Å². The second-order valence-electron chi connectivity index (χ2n) is 7.77. The van der Waals surface area contributed by atoms with Gasteiger partial charge in [0.15, 0.2) is 0 Å². The number of amides is 1. The van der Waals surface area contributed by atoms with Gasteiger partial charge in [0.05, 0.1) is 17.7 Å². The largest absolute Gasteiger partial charge is 0.321 e. The van der Waals surface area contributed by atoms with Crippen LogP contribution in [-0.2, 0) is 6.54 Å². The molecule has 3 heterocycles. The molecule has 0 aliphatic rings. The summed E-state index contributed by atoms with van der Waals surface area (Å²) in [5.41, 5.74) is 3.17. The molecule has 2 aromatic carbocycles. The quantitative estimate of drug-likeness (QED) is 0.404. The second kappa shape index (κ2) is 8.48. The number of anilines is 1. The summed E-state index contributed by atoms with van der Waals surface area (Å²) in [7, 11) is 0. The van der Waals surface area contributed by atoms with Crippen molar-refractivity contribution in [1.82, 2.24) is 14.5 Å². The molecule has 0 aliphatic carbocycles. The van der Waals surface area contributed by atoms with E-state index in [1.807, 2.05) is 49.4 Å². The molecular formula is C26H19ClN4O2. The van der Waals surface area contributed by atoms with Crippen molar-refractivity contribution in [3.05, 3.63) is 111 Å². The predicted octanol–water partition coefficient (Wildman–Crippen LogP) is 5.21. The van der Waals surface area contributed by atoms with E-state index in [9.17, 15) is 9.59 Å². The minimum absolute atomic E-state index is 0.0445. The topological polar surface area (TPSA) is 76.9 Å². The maximum atomic E-state index is 13.4. The van der Waals surface area contributed by atoms with E-state index in [1.54, 1.807) is 36.5 Å². The fraction of sp³-hybridized carbons (Fsp3) is 0.0769. The third-order valence-corrected chi connectivity index (χ3v) is 5.69. The first kappa shape index (κ1) is 20.8. The zero-order valence-corrected chi connectivity index (χ0v) is 18.5. The Kier molecular flexibility index (Phi) is 5.36. The Bertz CT molecular complexity index is 1580. The van der Waals surface area contributed by atoms with Crippen molar-refractivity contribution >= 4 is 45.1 Å². The van der Waals surface area contributed by atoms with Gasteiger partial charge in [0, 0.05) is 27.7 Å². The summed E-state index contributed by atoms with van der Waals surface area (Å²) >= 11 is 6.00. The zero-order chi connectivity index (χ0) is 22.9. The molecule has 0 saturated heterocycles. The first-order chi connectivity index (χ1) is 16.0. The van der Waals surface area contributed by atoms with Gasteiger partial charge in [-0.1, -0.05) is 41.9 Å². The van der Waals surface area contributed by atoms with Gasteiger partial charge in [0.25, 0.3) is 11.5 Å². The fourth-order valence-corrected chi connectivity index (χ4v) is 4.02. The lowest BCUT2D eigenvalue weighted by molar-refractivity contribution is 0.102. The van der Waals surface area contributed by atoms with E-state index < -0.39 is 11.5 Å². The molecule has 1 amide bonds. The Hall–Kier alpha value is -4.03. The molecule has 0 atom stereocenters. The lowest BCUT2D eigenvalue weighted by atomic mass is 10.1. The first-order valence-electron chi connectivity index (χ1n) is 10.4. The third-order valence-electron chi connectivity index (χ3n) is 5.44. The number of aromatic nitrogens is 3. The van der Waals surface area contributed by atoms with Crippen LogP contribution in [0.1, 0.15) is 21.6 Å². The Balaban J connectivity index is 1.60. The maximum Gasteiger partial charge on any atom is 0.265 e. The zero-order valence-electron chi connectivity index (χ0n) is 17.7. The number of rotatable bonds is 4. The molecule has 6 nitrogen and oxygen atoms in total. The highest BCUT2D eigenvalue weighted by Crippen LogP contribution is 2.24. The number of aryl methyl sites for hydroxylation is 1. The summed E-state index contributed by atoms with van der Waals surface area (Å²) in [6.45, 7) is 2.13. The van der Waals surface area contributed by atoms with Gasteiger partial charge in [-0.05, 0) is 55.0 Å².